The van der Waals surface area contributed by atoms with Gasteiger partial charge in [-0.2, -0.15) is 0 Å². The van der Waals surface area contributed by atoms with E-state index in [-0.39, 0.29) is 0 Å². The fourth-order valence-electron chi connectivity index (χ4n) is 11.0. The molecule has 0 aliphatic heterocycles. The summed E-state index contributed by atoms with van der Waals surface area (Å²) >= 11 is 0. The van der Waals surface area contributed by atoms with Gasteiger partial charge in [-0.15, -0.1) is 0 Å². The minimum Gasteiger partial charge on any atom is -0.311 e. The third-order valence-corrected chi connectivity index (χ3v) is 14.2. The fourth-order valence-corrected chi connectivity index (χ4v) is 11.0. The van der Waals surface area contributed by atoms with Gasteiger partial charge in [0, 0.05) is 66.4 Å². The summed E-state index contributed by atoms with van der Waals surface area (Å²) in [7, 11) is 0. The van der Waals surface area contributed by atoms with Crippen LogP contribution < -0.4 is 4.90 Å². The molecule has 0 aliphatic rings. The Labute approximate surface area is 405 Å². The first-order valence-corrected chi connectivity index (χ1v) is 24.0. The Bertz CT molecular complexity index is 4220. The van der Waals surface area contributed by atoms with Crippen LogP contribution in [-0.4, -0.2) is 13.7 Å². The first kappa shape index (κ1) is 39.8. The van der Waals surface area contributed by atoms with Crippen LogP contribution in [-0.2, 0) is 0 Å². The van der Waals surface area contributed by atoms with Crippen molar-refractivity contribution in [3.05, 3.63) is 267 Å². The first-order valence-electron chi connectivity index (χ1n) is 24.0. The van der Waals surface area contributed by atoms with Crippen molar-refractivity contribution in [3.8, 4) is 39.3 Å². The van der Waals surface area contributed by atoms with Crippen molar-refractivity contribution in [2.24, 2.45) is 0 Å². The summed E-state index contributed by atoms with van der Waals surface area (Å²) < 4.78 is 7.24. The molecule has 11 aromatic carbocycles. The highest BCUT2D eigenvalue weighted by molar-refractivity contribution is 6.14. The van der Waals surface area contributed by atoms with Crippen molar-refractivity contribution < 1.29 is 0 Å². The van der Waals surface area contributed by atoms with E-state index in [0.29, 0.717) is 0 Å². The Morgan fingerprint density at radius 3 is 1.06 bits per heavy atom. The van der Waals surface area contributed by atoms with Gasteiger partial charge in [0.25, 0.3) is 0 Å². The van der Waals surface area contributed by atoms with Crippen LogP contribution in [0.1, 0.15) is 0 Å². The molecule has 3 aromatic heterocycles. The third kappa shape index (κ3) is 6.38. The number of para-hydroxylation sites is 6. The van der Waals surface area contributed by atoms with Crippen LogP contribution in [0.25, 0.3) is 105 Å². The molecule has 14 aromatic rings. The van der Waals surface area contributed by atoms with Crippen molar-refractivity contribution in [3.63, 3.8) is 0 Å². The summed E-state index contributed by atoms with van der Waals surface area (Å²) in [5.74, 6) is 0. The molecule has 4 nitrogen and oxygen atoms in total. The van der Waals surface area contributed by atoms with E-state index in [9.17, 15) is 0 Å². The third-order valence-electron chi connectivity index (χ3n) is 14.2. The van der Waals surface area contributed by atoms with Gasteiger partial charge in [0.05, 0.1) is 33.1 Å². The Morgan fingerprint density at radius 2 is 0.543 bits per heavy atom. The summed E-state index contributed by atoms with van der Waals surface area (Å²) in [6.45, 7) is 0. The standard InChI is InChI=1S/C66H44N4/c1-5-17-49(18-6-1)67(50-19-7-2-8-20-50)53-34-29-45(30-35-53)46-31-38-64-59(41-46)60-43-48(33-40-65(60)68(64)51-21-9-3-10-22-51)47-32-39-63-58(42-47)56-26-14-16-28-62(56)70(63)54-36-37-57-55-25-13-15-27-61(55)69(66(57)44-54)52-23-11-4-12-24-52/h1-44H. The highest BCUT2D eigenvalue weighted by atomic mass is 15.1. The van der Waals surface area contributed by atoms with E-state index >= 15 is 0 Å². The smallest absolute Gasteiger partial charge is 0.0561 e. The van der Waals surface area contributed by atoms with Crippen molar-refractivity contribution in [2.75, 3.05) is 4.90 Å². The van der Waals surface area contributed by atoms with Gasteiger partial charge in [-0.3, -0.25) is 0 Å². The Balaban J connectivity index is 0.896. The molecule has 0 N–H and O–H groups in total. The van der Waals surface area contributed by atoms with Gasteiger partial charge in [-0.1, -0.05) is 146 Å². The topological polar surface area (TPSA) is 18.0 Å². The lowest BCUT2D eigenvalue weighted by molar-refractivity contribution is 1.15. The Hall–Kier alpha value is -9.38. The van der Waals surface area contributed by atoms with Crippen molar-refractivity contribution >= 4 is 82.5 Å². The van der Waals surface area contributed by atoms with Crippen molar-refractivity contribution in [2.45, 2.75) is 0 Å². The second kappa shape index (κ2) is 16.2. The first-order chi connectivity index (χ1) is 34.7. The maximum atomic E-state index is 2.44. The van der Waals surface area contributed by atoms with E-state index in [1.165, 1.54) is 87.7 Å². The SMILES string of the molecule is c1ccc(N(c2ccccc2)c2ccc(-c3ccc4c(c3)c3cc(-c5ccc6c(c5)c5ccccc5n6-c5ccc6c7ccccc7n(-c7ccccc7)c6c5)ccc3n4-c3ccccc3)cc2)cc1. The maximum absolute atomic E-state index is 2.44. The van der Waals surface area contributed by atoms with E-state index in [0.717, 1.165) is 34.1 Å². The zero-order chi connectivity index (χ0) is 46.1. The van der Waals surface area contributed by atoms with Crippen LogP contribution in [0.15, 0.2) is 267 Å². The summed E-state index contributed by atoms with van der Waals surface area (Å²) in [6, 6.07) is 97.1. The average molecular weight is 893 g/mol. The minimum absolute atomic E-state index is 1.11. The molecular formula is C66H44N4. The van der Waals surface area contributed by atoms with Crippen molar-refractivity contribution in [1.82, 2.24) is 13.7 Å². The maximum Gasteiger partial charge on any atom is 0.0561 e. The van der Waals surface area contributed by atoms with Gasteiger partial charge in [0.15, 0.2) is 0 Å². The summed E-state index contributed by atoms with van der Waals surface area (Å²) in [5, 5.41) is 7.40. The number of hydrogen-bond donors (Lipinski definition) is 0. The number of benzene rings is 11. The van der Waals surface area contributed by atoms with Crippen LogP contribution in [0.5, 0.6) is 0 Å². The van der Waals surface area contributed by atoms with Gasteiger partial charge in [-0.25, -0.2) is 0 Å². The van der Waals surface area contributed by atoms with Gasteiger partial charge < -0.3 is 18.6 Å². The molecule has 0 saturated heterocycles. The van der Waals surface area contributed by atoms with Crippen molar-refractivity contribution in [1.29, 1.82) is 0 Å². The Morgan fingerprint density at radius 1 is 0.200 bits per heavy atom. The molecule has 0 amide bonds. The van der Waals surface area contributed by atoms with Gasteiger partial charge in [0.2, 0.25) is 0 Å². The molecule has 70 heavy (non-hydrogen) atoms. The molecule has 0 radical (unpaired) electrons. The molecule has 0 unspecified atom stereocenters. The number of fused-ring (bicyclic) bond motifs is 9. The largest absolute Gasteiger partial charge is 0.311 e. The average Bonchev–Trinajstić information content (AvgIpc) is 4.07. The zero-order valence-corrected chi connectivity index (χ0v) is 38.2. The number of rotatable bonds is 8. The fraction of sp³-hybridized carbons (Fsp3) is 0. The molecule has 0 aliphatic carbocycles. The monoisotopic (exact) mass is 892 g/mol. The highest BCUT2D eigenvalue weighted by Crippen LogP contribution is 2.42. The second-order valence-electron chi connectivity index (χ2n) is 18.2. The lowest BCUT2D eigenvalue weighted by Crippen LogP contribution is -2.09. The minimum atomic E-state index is 1.11. The number of nitrogens with zero attached hydrogens (tertiary/aromatic N) is 4. The molecule has 14 rings (SSSR count). The molecule has 0 atom stereocenters. The molecule has 328 valence electrons. The normalized spacial score (nSPS) is 11.7. The van der Waals surface area contributed by atoms with Crippen LogP contribution in [0.4, 0.5) is 17.1 Å². The summed E-state index contributed by atoms with van der Waals surface area (Å²) in [5.41, 5.74) is 18.6. The summed E-state index contributed by atoms with van der Waals surface area (Å²) in [6.07, 6.45) is 0. The van der Waals surface area contributed by atoms with Gasteiger partial charge in [-0.05, 0) is 144 Å². The molecule has 0 spiro atoms. The van der Waals surface area contributed by atoms with Crippen LogP contribution in [0.2, 0.25) is 0 Å². The van der Waals surface area contributed by atoms with Gasteiger partial charge in [0.1, 0.15) is 0 Å². The van der Waals surface area contributed by atoms with Crippen LogP contribution >= 0.6 is 0 Å². The zero-order valence-electron chi connectivity index (χ0n) is 38.2. The van der Waals surface area contributed by atoms with Crippen LogP contribution in [0.3, 0.4) is 0 Å². The Kier molecular flexibility index (Phi) is 9.17. The quantitative estimate of drug-likeness (QED) is 0.149. The molecule has 4 heteroatoms. The van der Waals surface area contributed by atoms with E-state index in [2.05, 4.69) is 286 Å². The highest BCUT2D eigenvalue weighted by Gasteiger charge is 2.20. The van der Waals surface area contributed by atoms with Gasteiger partial charge >= 0.3 is 0 Å². The lowest BCUT2D eigenvalue weighted by Gasteiger charge is -2.25. The van der Waals surface area contributed by atoms with E-state index in [1.54, 1.807) is 0 Å². The number of anilines is 3. The molecule has 3 heterocycles. The predicted molar refractivity (Wildman–Crippen MR) is 295 cm³/mol. The molecule has 0 bridgehead atoms. The number of hydrogen-bond acceptors (Lipinski definition) is 1. The lowest BCUT2D eigenvalue weighted by atomic mass is 9.99. The van der Waals surface area contributed by atoms with E-state index in [1.807, 2.05) is 0 Å². The van der Waals surface area contributed by atoms with E-state index in [4.69, 9.17) is 0 Å². The number of aromatic nitrogens is 3. The molecule has 0 saturated carbocycles. The second-order valence-corrected chi connectivity index (χ2v) is 18.2. The molecular weight excluding hydrogens is 849 g/mol. The summed E-state index contributed by atoms with van der Waals surface area (Å²) in [4.78, 5) is 2.31. The molecule has 0 fully saturated rings. The predicted octanol–water partition coefficient (Wildman–Crippen LogP) is 17.8. The van der Waals surface area contributed by atoms with Crippen LogP contribution in [0, 0.1) is 0 Å². The van der Waals surface area contributed by atoms with E-state index < -0.39 is 0 Å².